The molecule has 0 radical (unpaired) electrons. The molecule has 7 heteroatoms. The number of hydrogen-bond donors (Lipinski definition) is 0. The Bertz CT molecular complexity index is 718. The van der Waals surface area contributed by atoms with Crippen molar-refractivity contribution in [3.63, 3.8) is 0 Å². The molecule has 1 unspecified atom stereocenters. The van der Waals surface area contributed by atoms with E-state index in [-0.39, 0.29) is 0 Å². The van der Waals surface area contributed by atoms with Gasteiger partial charge in [0.05, 0.1) is 0 Å². The number of thiophene rings is 2. The molecule has 0 amide bonds. The third-order valence-corrected chi connectivity index (χ3v) is 18.0. The molecule has 0 aromatic carbocycles. The van der Waals surface area contributed by atoms with Crippen molar-refractivity contribution < 1.29 is 0 Å². The van der Waals surface area contributed by atoms with Gasteiger partial charge in [-0.1, -0.05) is 0 Å². The van der Waals surface area contributed by atoms with Crippen LogP contribution in [0.4, 0.5) is 0 Å². The van der Waals surface area contributed by atoms with Crippen molar-refractivity contribution in [2.24, 2.45) is 0 Å². The molecule has 2 aliphatic heterocycles. The van der Waals surface area contributed by atoms with Crippen LogP contribution in [0.1, 0.15) is 16.7 Å². The van der Waals surface area contributed by atoms with Crippen molar-refractivity contribution in [3.8, 4) is 9.75 Å². The Hall–Kier alpha value is 1.49. The molecule has 0 N–H and O–H groups in total. The predicted molar refractivity (Wildman–Crippen MR) is 111 cm³/mol. The molecular weight excluding hydrogens is 498 g/mol. The molecule has 0 spiro atoms. The van der Waals surface area contributed by atoms with E-state index in [0.717, 1.165) is 4.82 Å². The first-order chi connectivity index (χ1) is 10.6. The van der Waals surface area contributed by atoms with Crippen molar-refractivity contribution >= 4 is 96.8 Å². The molecule has 118 valence electrons. The van der Waals surface area contributed by atoms with E-state index in [4.69, 9.17) is 0 Å². The Morgan fingerprint density at radius 1 is 0.909 bits per heavy atom. The van der Waals surface area contributed by atoms with Gasteiger partial charge in [0.15, 0.2) is 0 Å². The Morgan fingerprint density at radius 2 is 1.64 bits per heavy atom. The zero-order valence-corrected chi connectivity index (χ0v) is 20.1. The topological polar surface area (TPSA) is 0 Å². The van der Waals surface area contributed by atoms with E-state index in [9.17, 15) is 0 Å². The van der Waals surface area contributed by atoms with E-state index in [1.807, 2.05) is 0 Å². The molecule has 22 heavy (non-hydrogen) atoms. The fourth-order valence-corrected chi connectivity index (χ4v) is 17.1. The van der Waals surface area contributed by atoms with E-state index in [1.165, 1.54) is 20.4 Å². The van der Waals surface area contributed by atoms with Gasteiger partial charge in [-0.2, -0.15) is 0 Å². The third-order valence-electron chi connectivity index (χ3n) is 3.54. The molecule has 0 aliphatic carbocycles. The zero-order chi connectivity index (χ0) is 15.3. The molecule has 4 heterocycles. The van der Waals surface area contributed by atoms with E-state index < -0.39 is 0 Å². The summed E-state index contributed by atoms with van der Waals surface area (Å²) in [6.45, 7) is 7.13. The van der Waals surface area contributed by atoms with Gasteiger partial charge in [0, 0.05) is 0 Å². The van der Waals surface area contributed by atoms with Crippen LogP contribution in [-0.4, -0.2) is 40.1 Å². The number of hydrogen-bond acceptors (Lipinski definition) is 5. The van der Waals surface area contributed by atoms with Crippen LogP contribution in [0, 0.1) is 13.8 Å². The first kappa shape index (κ1) is 16.9. The summed E-state index contributed by atoms with van der Waals surface area (Å²) in [6.07, 6.45) is 0. The Labute approximate surface area is 165 Å². The van der Waals surface area contributed by atoms with Crippen LogP contribution in [-0.2, 0) is 0 Å². The molecule has 0 saturated carbocycles. The number of rotatable bonds is 1. The molecular formula is C15H16S5Se2. The average Bonchev–Trinajstić information content (AvgIpc) is 2.86. The average molecular weight is 515 g/mol. The molecule has 0 nitrogen and oxygen atoms in total. The summed E-state index contributed by atoms with van der Waals surface area (Å²) in [6, 6.07) is 0. The maximum absolute atomic E-state index is 2.45. The van der Waals surface area contributed by atoms with Crippen molar-refractivity contribution in [3.05, 3.63) is 9.75 Å². The Kier molecular flexibility index (Phi) is 5.39. The van der Waals surface area contributed by atoms with Crippen LogP contribution in [0.5, 0.6) is 0 Å². The molecule has 4 rings (SSSR count). The molecule has 1 atom stereocenters. The van der Waals surface area contributed by atoms with Crippen molar-refractivity contribution in [1.82, 2.24) is 0 Å². The monoisotopic (exact) mass is 516 g/mol. The summed E-state index contributed by atoms with van der Waals surface area (Å²) >= 11 is 11.8. The van der Waals surface area contributed by atoms with Gasteiger partial charge in [0.2, 0.25) is 0 Å². The Balaban J connectivity index is 1.85. The second kappa shape index (κ2) is 7.01. The number of thioether (sulfide) groups is 3. The molecule has 0 bridgehead atoms. The van der Waals surface area contributed by atoms with Crippen LogP contribution in [0.25, 0.3) is 9.75 Å². The van der Waals surface area contributed by atoms with Crippen molar-refractivity contribution in [1.29, 1.82) is 0 Å². The van der Waals surface area contributed by atoms with Gasteiger partial charge >= 0.3 is 167 Å². The standard InChI is InChI=1S/C15H16S5Se2/c1-7-4-21-15-13(20-9(3)14(15)22-7)12-11-10(8(2)19-12)17-5-16-6-18-11/h7H,4-6H2,1-3H3. The second-order valence-corrected chi connectivity index (χ2v) is 16.6. The quantitative estimate of drug-likeness (QED) is 0.500. The normalized spacial score (nSPS) is 21.3. The van der Waals surface area contributed by atoms with Gasteiger partial charge in [0.1, 0.15) is 0 Å². The first-order valence-electron chi connectivity index (χ1n) is 7.05. The van der Waals surface area contributed by atoms with Crippen LogP contribution in [0.15, 0.2) is 9.79 Å². The summed E-state index contributed by atoms with van der Waals surface area (Å²) in [5, 5.41) is 3.87. The SMILES string of the molecule is Cc1sc(-c2sc(C)c3c2[Se]CC(C)[Se]3)c2c1SCSCS2. The van der Waals surface area contributed by atoms with Crippen LogP contribution < -0.4 is 8.92 Å². The maximum atomic E-state index is 2.45. The summed E-state index contributed by atoms with van der Waals surface area (Å²) in [7, 11) is 0. The van der Waals surface area contributed by atoms with E-state index in [2.05, 4.69) is 78.7 Å². The first-order valence-corrected chi connectivity index (χ1v) is 15.7. The van der Waals surface area contributed by atoms with Crippen LogP contribution >= 0.6 is 58.0 Å². The fourth-order valence-electron chi connectivity index (χ4n) is 2.55. The molecule has 0 saturated heterocycles. The van der Waals surface area contributed by atoms with Crippen molar-refractivity contribution in [2.45, 2.75) is 40.7 Å². The van der Waals surface area contributed by atoms with Crippen LogP contribution in [0.3, 0.4) is 0 Å². The molecule has 2 aromatic heterocycles. The number of aryl methyl sites for hydroxylation is 2. The molecule has 2 aliphatic rings. The van der Waals surface area contributed by atoms with Gasteiger partial charge in [0.25, 0.3) is 0 Å². The summed E-state index contributed by atoms with van der Waals surface area (Å²) < 4.78 is 3.55. The third kappa shape index (κ3) is 3.04. The molecule has 0 fully saturated rings. The summed E-state index contributed by atoms with van der Waals surface area (Å²) in [5.74, 6) is 0. The van der Waals surface area contributed by atoms with Gasteiger partial charge in [-0.25, -0.2) is 0 Å². The minimum atomic E-state index is 0.691. The summed E-state index contributed by atoms with van der Waals surface area (Å²) in [4.78, 5) is 10.5. The fraction of sp³-hybridized carbons (Fsp3) is 0.467. The van der Waals surface area contributed by atoms with E-state index in [1.54, 1.807) is 33.3 Å². The van der Waals surface area contributed by atoms with Crippen molar-refractivity contribution in [2.75, 3.05) is 10.2 Å². The van der Waals surface area contributed by atoms with Crippen LogP contribution in [0.2, 0.25) is 10.1 Å². The van der Waals surface area contributed by atoms with Gasteiger partial charge in [-0.15, -0.1) is 0 Å². The molecule has 2 aromatic rings. The second-order valence-electron chi connectivity index (χ2n) is 5.26. The van der Waals surface area contributed by atoms with Gasteiger partial charge in [-0.05, 0) is 0 Å². The summed E-state index contributed by atoms with van der Waals surface area (Å²) in [5.41, 5.74) is 0. The zero-order valence-electron chi connectivity index (χ0n) is 12.6. The minimum absolute atomic E-state index is 0.691. The predicted octanol–water partition coefficient (Wildman–Crippen LogP) is 4.84. The number of fused-ring (bicyclic) bond motifs is 2. The van der Waals surface area contributed by atoms with E-state index >= 15 is 0 Å². The van der Waals surface area contributed by atoms with E-state index in [0.29, 0.717) is 29.9 Å². The van der Waals surface area contributed by atoms with Gasteiger partial charge < -0.3 is 0 Å². The Morgan fingerprint density at radius 3 is 2.45 bits per heavy atom. The van der Waals surface area contributed by atoms with Gasteiger partial charge in [-0.3, -0.25) is 0 Å².